The van der Waals surface area contributed by atoms with Crippen LogP contribution in [0.1, 0.15) is 5.69 Å². The summed E-state index contributed by atoms with van der Waals surface area (Å²) in [4.78, 5) is 0.950. The molecule has 0 saturated heterocycles. The summed E-state index contributed by atoms with van der Waals surface area (Å²) in [6.07, 6.45) is 0. The van der Waals surface area contributed by atoms with Crippen molar-refractivity contribution >= 4 is 27.5 Å². The Kier molecular flexibility index (Phi) is 4.07. The molecule has 1 heterocycles. The Morgan fingerprint density at radius 2 is 2.05 bits per heavy atom. The number of nitrogens with zero attached hydrogens (tertiary/aromatic N) is 2. The Hall–Kier alpha value is -1.51. The van der Waals surface area contributed by atoms with E-state index in [0.29, 0.717) is 5.69 Å². The van der Waals surface area contributed by atoms with Gasteiger partial charge in [-0.2, -0.15) is 5.10 Å². The number of aromatic nitrogens is 2. The topological polar surface area (TPSA) is 90.0 Å². The van der Waals surface area contributed by atoms with Crippen molar-refractivity contribution in [1.29, 1.82) is 0 Å². The van der Waals surface area contributed by atoms with E-state index in [2.05, 4.69) is 9.82 Å². The summed E-state index contributed by atoms with van der Waals surface area (Å²) in [5, 5.41) is 5.20. The van der Waals surface area contributed by atoms with Crippen molar-refractivity contribution in [2.75, 3.05) is 12.8 Å². The van der Waals surface area contributed by atoms with E-state index >= 15 is 0 Å². The summed E-state index contributed by atoms with van der Waals surface area (Å²) >= 11 is 1.45. The minimum Gasteiger partial charge on any atom is -0.398 e. The van der Waals surface area contributed by atoms with Crippen LogP contribution in [0.25, 0.3) is 0 Å². The lowest BCUT2D eigenvalue weighted by molar-refractivity contribution is 0.588. The quantitative estimate of drug-likeness (QED) is 0.832. The second-order valence-corrected chi connectivity index (χ2v) is 7.21. The fourth-order valence-electron chi connectivity index (χ4n) is 1.70. The van der Waals surface area contributed by atoms with Crippen LogP contribution in [0.4, 0.5) is 5.69 Å². The zero-order valence-corrected chi connectivity index (χ0v) is 13.0. The second-order valence-electron chi connectivity index (χ2n) is 4.26. The van der Waals surface area contributed by atoms with Crippen LogP contribution in [0, 0.1) is 6.92 Å². The van der Waals surface area contributed by atoms with Crippen LogP contribution in [0.15, 0.2) is 39.1 Å². The molecule has 3 N–H and O–H groups in total. The van der Waals surface area contributed by atoms with Gasteiger partial charge < -0.3 is 5.73 Å². The zero-order valence-electron chi connectivity index (χ0n) is 11.4. The van der Waals surface area contributed by atoms with E-state index in [0.717, 1.165) is 15.6 Å². The van der Waals surface area contributed by atoms with Crippen molar-refractivity contribution in [2.24, 2.45) is 7.05 Å². The summed E-state index contributed by atoms with van der Waals surface area (Å²) in [7, 11) is -0.251. The van der Waals surface area contributed by atoms with Gasteiger partial charge in [0.05, 0.1) is 15.6 Å². The standard InChI is InChI=1S/C12H16N4O2S2/c1-8-6-12(16(3)15-8)19-11-5-4-9(7-10(11)13)20(17,18)14-2/h4-7,14H,13H2,1-3H3. The number of anilines is 1. The van der Waals surface area contributed by atoms with Crippen LogP contribution in [0.5, 0.6) is 0 Å². The van der Waals surface area contributed by atoms with Crippen molar-refractivity contribution < 1.29 is 8.42 Å². The molecule has 6 nitrogen and oxygen atoms in total. The summed E-state index contributed by atoms with van der Waals surface area (Å²) in [6, 6.07) is 6.64. The Balaban J connectivity index is 2.34. The third-order valence-electron chi connectivity index (χ3n) is 2.73. The van der Waals surface area contributed by atoms with E-state index in [9.17, 15) is 8.42 Å². The molecule has 0 radical (unpaired) electrons. The van der Waals surface area contributed by atoms with Gasteiger partial charge in [0.25, 0.3) is 0 Å². The Labute approximate surface area is 122 Å². The van der Waals surface area contributed by atoms with E-state index in [-0.39, 0.29) is 4.90 Å². The van der Waals surface area contributed by atoms with Crippen molar-refractivity contribution in [1.82, 2.24) is 14.5 Å². The minimum atomic E-state index is -3.47. The lowest BCUT2D eigenvalue weighted by Gasteiger charge is -2.08. The van der Waals surface area contributed by atoms with Crippen LogP contribution in [0.3, 0.4) is 0 Å². The summed E-state index contributed by atoms with van der Waals surface area (Å²) < 4.78 is 27.4. The predicted octanol–water partition coefficient (Wildman–Crippen LogP) is 1.37. The molecule has 8 heteroatoms. The van der Waals surface area contributed by atoms with E-state index in [1.165, 1.54) is 30.9 Å². The number of benzene rings is 1. The Morgan fingerprint density at radius 1 is 1.35 bits per heavy atom. The first kappa shape index (κ1) is 14.9. The molecule has 108 valence electrons. The zero-order chi connectivity index (χ0) is 14.9. The highest BCUT2D eigenvalue weighted by atomic mass is 32.2. The third kappa shape index (κ3) is 2.97. The van der Waals surface area contributed by atoms with Crippen LogP contribution in [-0.4, -0.2) is 25.2 Å². The van der Waals surface area contributed by atoms with Gasteiger partial charge in [0, 0.05) is 17.6 Å². The molecule has 2 rings (SSSR count). The number of nitrogens with one attached hydrogen (secondary N) is 1. The predicted molar refractivity (Wildman–Crippen MR) is 79.2 cm³/mol. The summed E-state index contributed by atoms with van der Waals surface area (Å²) in [5.41, 5.74) is 7.28. The molecule has 0 spiro atoms. The molecule has 0 atom stereocenters. The summed E-state index contributed by atoms with van der Waals surface area (Å²) in [6.45, 7) is 1.91. The number of aryl methyl sites for hydroxylation is 2. The second kappa shape index (κ2) is 5.47. The van der Waals surface area contributed by atoms with Gasteiger partial charge in [-0.1, -0.05) is 11.8 Å². The number of nitrogen functional groups attached to an aromatic ring is 1. The Bertz CT molecular complexity index is 738. The maximum atomic E-state index is 11.7. The first-order valence-corrected chi connectivity index (χ1v) is 8.15. The van der Waals surface area contributed by atoms with Crippen molar-refractivity contribution in [3.8, 4) is 0 Å². The molecule has 2 aromatic rings. The Morgan fingerprint density at radius 3 is 2.55 bits per heavy atom. The smallest absolute Gasteiger partial charge is 0.240 e. The van der Waals surface area contributed by atoms with Gasteiger partial charge >= 0.3 is 0 Å². The first-order chi connectivity index (χ1) is 9.33. The number of nitrogens with two attached hydrogens (primary N) is 1. The minimum absolute atomic E-state index is 0.156. The fraction of sp³-hybridized carbons (Fsp3) is 0.250. The average molecular weight is 312 g/mol. The molecule has 0 aliphatic rings. The SMILES string of the molecule is CNS(=O)(=O)c1ccc(Sc2cc(C)nn2C)c(N)c1. The number of sulfonamides is 1. The van der Waals surface area contributed by atoms with Crippen LogP contribution >= 0.6 is 11.8 Å². The van der Waals surface area contributed by atoms with Gasteiger partial charge in [-0.25, -0.2) is 13.1 Å². The monoisotopic (exact) mass is 312 g/mol. The molecule has 0 aliphatic carbocycles. The molecule has 0 bridgehead atoms. The van der Waals surface area contributed by atoms with Crippen molar-refractivity contribution in [3.05, 3.63) is 30.0 Å². The number of hydrogen-bond acceptors (Lipinski definition) is 5. The van der Waals surface area contributed by atoms with Gasteiger partial charge in [0.2, 0.25) is 10.0 Å². The highest BCUT2D eigenvalue weighted by Gasteiger charge is 2.14. The number of rotatable bonds is 4. The van der Waals surface area contributed by atoms with E-state index in [1.54, 1.807) is 10.7 Å². The van der Waals surface area contributed by atoms with Gasteiger partial charge in [-0.05, 0) is 38.2 Å². The molecule has 0 aliphatic heterocycles. The molecule has 1 aromatic carbocycles. The molecule has 0 unspecified atom stereocenters. The normalized spacial score (nSPS) is 11.8. The molecule has 1 aromatic heterocycles. The fourth-order valence-corrected chi connectivity index (χ4v) is 3.41. The van der Waals surface area contributed by atoms with E-state index in [1.807, 2.05) is 20.0 Å². The molecular weight excluding hydrogens is 296 g/mol. The lowest BCUT2D eigenvalue weighted by Crippen LogP contribution is -2.18. The molecule has 0 fully saturated rings. The van der Waals surface area contributed by atoms with Gasteiger partial charge in [0.15, 0.2) is 0 Å². The highest BCUT2D eigenvalue weighted by molar-refractivity contribution is 7.99. The van der Waals surface area contributed by atoms with Crippen molar-refractivity contribution in [3.63, 3.8) is 0 Å². The molecule has 20 heavy (non-hydrogen) atoms. The van der Waals surface area contributed by atoms with Crippen LogP contribution in [0.2, 0.25) is 0 Å². The van der Waals surface area contributed by atoms with Crippen LogP contribution in [-0.2, 0) is 17.1 Å². The largest absolute Gasteiger partial charge is 0.398 e. The summed E-state index contributed by atoms with van der Waals surface area (Å²) in [5.74, 6) is 0. The van der Waals surface area contributed by atoms with Gasteiger partial charge in [-0.3, -0.25) is 4.68 Å². The maximum Gasteiger partial charge on any atom is 0.240 e. The van der Waals surface area contributed by atoms with Gasteiger partial charge in [-0.15, -0.1) is 0 Å². The maximum absolute atomic E-state index is 11.7. The van der Waals surface area contributed by atoms with Gasteiger partial charge in [0.1, 0.15) is 0 Å². The first-order valence-electron chi connectivity index (χ1n) is 5.85. The lowest BCUT2D eigenvalue weighted by atomic mass is 10.3. The van der Waals surface area contributed by atoms with E-state index < -0.39 is 10.0 Å². The average Bonchev–Trinajstić information content (AvgIpc) is 2.70. The molecule has 0 saturated carbocycles. The van der Waals surface area contributed by atoms with E-state index in [4.69, 9.17) is 5.73 Å². The molecule has 0 amide bonds. The number of hydrogen-bond donors (Lipinski definition) is 2. The highest BCUT2D eigenvalue weighted by Crippen LogP contribution is 2.33. The third-order valence-corrected chi connectivity index (χ3v) is 5.33. The van der Waals surface area contributed by atoms with Crippen LogP contribution < -0.4 is 10.5 Å². The molecular formula is C12H16N4O2S2. The van der Waals surface area contributed by atoms with Crippen molar-refractivity contribution in [2.45, 2.75) is 21.7 Å².